The number of rotatable bonds is 9. The molecule has 0 aliphatic carbocycles. The first-order chi connectivity index (χ1) is 6.68. The second-order valence-electron chi connectivity index (χ2n) is 5.12. The molecular weight excluding hydrogens is 219 g/mol. The Labute approximate surface area is 105 Å². The summed E-state index contributed by atoms with van der Waals surface area (Å²) >= 11 is 0. The minimum absolute atomic E-state index is 0. The van der Waals surface area contributed by atoms with Gasteiger partial charge in [-0.15, -0.1) is 0 Å². The summed E-state index contributed by atoms with van der Waals surface area (Å²) in [7, 11) is -0.812. The Kier molecular flexibility index (Phi) is 13.6. The number of hydrogen-bond acceptors (Lipinski definition) is 0. The molecule has 0 rings (SSSR count). The van der Waals surface area contributed by atoms with Gasteiger partial charge in [-0.25, -0.2) is 0 Å². The predicted molar refractivity (Wildman–Crippen MR) is 83.9 cm³/mol. The van der Waals surface area contributed by atoms with Gasteiger partial charge >= 0.3 is 91.7 Å². The van der Waals surface area contributed by atoms with E-state index in [1.807, 2.05) is 0 Å². The minimum atomic E-state index is -0.812. The molecule has 0 aromatic carbocycles. The molecule has 96 valence electrons. The standard InChI is InChI=1S/C13H31P.H2S/c1-5-8-11-14(4,12-9-6-2)13-10-7-3;/h14H,5-13H2,1-4H3;1H2. The summed E-state index contributed by atoms with van der Waals surface area (Å²) in [6.45, 7) is 9.63. The molecule has 0 radical (unpaired) electrons. The smallest absolute Gasteiger partial charge is 0.197 e. The molecular formula is C13H33PS. The van der Waals surface area contributed by atoms with Gasteiger partial charge in [-0.1, -0.05) is 0 Å². The fourth-order valence-electron chi connectivity index (χ4n) is 2.19. The summed E-state index contributed by atoms with van der Waals surface area (Å²) in [6.07, 6.45) is 13.4. The Morgan fingerprint density at radius 3 is 1.13 bits per heavy atom. The average molecular weight is 252 g/mol. The van der Waals surface area contributed by atoms with Crippen LogP contribution in [0.1, 0.15) is 59.3 Å². The van der Waals surface area contributed by atoms with Gasteiger partial charge in [0, 0.05) is 0 Å². The molecule has 0 fully saturated rings. The van der Waals surface area contributed by atoms with E-state index in [2.05, 4.69) is 27.4 Å². The molecule has 0 aromatic rings. The van der Waals surface area contributed by atoms with Gasteiger partial charge in [0.25, 0.3) is 0 Å². The van der Waals surface area contributed by atoms with Gasteiger partial charge < -0.3 is 0 Å². The van der Waals surface area contributed by atoms with Crippen molar-refractivity contribution in [2.75, 3.05) is 25.2 Å². The Bertz CT molecular complexity index is 104. The van der Waals surface area contributed by atoms with Crippen molar-refractivity contribution < 1.29 is 0 Å². The van der Waals surface area contributed by atoms with Crippen LogP contribution in [0.15, 0.2) is 0 Å². The molecule has 0 unspecified atom stereocenters. The number of unbranched alkanes of at least 4 members (excludes halogenated alkanes) is 3. The van der Waals surface area contributed by atoms with E-state index in [4.69, 9.17) is 0 Å². The molecule has 0 aliphatic heterocycles. The summed E-state index contributed by atoms with van der Waals surface area (Å²) in [4.78, 5) is 0. The normalized spacial score (nSPS) is 12.3. The monoisotopic (exact) mass is 252 g/mol. The van der Waals surface area contributed by atoms with Gasteiger partial charge in [-0.3, -0.25) is 0 Å². The second-order valence-corrected chi connectivity index (χ2v) is 10.2. The van der Waals surface area contributed by atoms with Gasteiger partial charge in [0.2, 0.25) is 0 Å². The summed E-state index contributed by atoms with van der Waals surface area (Å²) in [5, 5.41) is 0. The molecule has 0 atom stereocenters. The summed E-state index contributed by atoms with van der Waals surface area (Å²) in [5.41, 5.74) is 0. The molecule has 0 heterocycles. The average Bonchev–Trinajstić information content (AvgIpc) is 2.21. The largest absolute Gasteiger partial charge is 0.197 e. The van der Waals surface area contributed by atoms with Crippen molar-refractivity contribution in [3.63, 3.8) is 0 Å². The molecule has 0 aliphatic rings. The van der Waals surface area contributed by atoms with E-state index in [9.17, 15) is 0 Å². The van der Waals surface area contributed by atoms with Gasteiger partial charge in [-0.2, -0.15) is 13.5 Å². The van der Waals surface area contributed by atoms with Crippen LogP contribution in [0.3, 0.4) is 0 Å². The summed E-state index contributed by atoms with van der Waals surface area (Å²) in [6, 6.07) is 0. The number of hydrogen-bond donors (Lipinski definition) is 0. The van der Waals surface area contributed by atoms with Crippen molar-refractivity contribution in [2.24, 2.45) is 0 Å². The molecule has 0 N–H and O–H groups in total. The van der Waals surface area contributed by atoms with Crippen LogP contribution in [0.4, 0.5) is 0 Å². The molecule has 0 aromatic heterocycles. The molecule has 15 heavy (non-hydrogen) atoms. The third-order valence-electron chi connectivity index (χ3n) is 3.40. The molecule has 0 nitrogen and oxygen atoms in total. The SMILES string of the molecule is CCCC[PH](C)(CCCC)CCCC.S. The van der Waals surface area contributed by atoms with Gasteiger partial charge in [0.1, 0.15) is 0 Å². The quantitative estimate of drug-likeness (QED) is 0.513. The van der Waals surface area contributed by atoms with Crippen molar-refractivity contribution in [3.8, 4) is 0 Å². The molecule has 0 bridgehead atoms. The van der Waals surface area contributed by atoms with Crippen LogP contribution in [0.25, 0.3) is 0 Å². The van der Waals surface area contributed by atoms with Gasteiger partial charge in [0.05, 0.1) is 0 Å². The van der Waals surface area contributed by atoms with Crippen LogP contribution in [0.2, 0.25) is 0 Å². The third kappa shape index (κ3) is 9.69. The first-order valence-electron chi connectivity index (χ1n) is 6.68. The maximum atomic E-state index is 2.65. The van der Waals surface area contributed by atoms with E-state index in [1.54, 1.807) is 18.5 Å². The van der Waals surface area contributed by atoms with Gasteiger partial charge in [-0.05, 0) is 0 Å². The van der Waals surface area contributed by atoms with Crippen molar-refractivity contribution >= 4 is 20.8 Å². The Balaban J connectivity index is 0. The fraction of sp³-hybridized carbons (Fsp3) is 1.00. The molecule has 0 amide bonds. The van der Waals surface area contributed by atoms with E-state index in [0.29, 0.717) is 0 Å². The molecule has 0 saturated carbocycles. The van der Waals surface area contributed by atoms with Crippen LogP contribution in [-0.4, -0.2) is 25.2 Å². The Morgan fingerprint density at radius 1 is 0.667 bits per heavy atom. The van der Waals surface area contributed by atoms with E-state index in [1.165, 1.54) is 38.5 Å². The molecule has 0 saturated heterocycles. The van der Waals surface area contributed by atoms with Crippen LogP contribution >= 0.6 is 20.8 Å². The summed E-state index contributed by atoms with van der Waals surface area (Å²) < 4.78 is 0. The molecule has 2 heteroatoms. The summed E-state index contributed by atoms with van der Waals surface area (Å²) in [5.74, 6) is 0. The minimum Gasteiger partial charge on any atom is -0.197 e. The third-order valence-corrected chi connectivity index (χ3v) is 8.08. The van der Waals surface area contributed by atoms with Crippen LogP contribution < -0.4 is 0 Å². The van der Waals surface area contributed by atoms with E-state index in [-0.39, 0.29) is 13.5 Å². The maximum Gasteiger partial charge on any atom is -0.197 e. The van der Waals surface area contributed by atoms with Crippen molar-refractivity contribution in [1.29, 1.82) is 0 Å². The first-order valence-corrected chi connectivity index (χ1v) is 9.80. The van der Waals surface area contributed by atoms with Crippen LogP contribution in [0.5, 0.6) is 0 Å². The zero-order valence-electron chi connectivity index (χ0n) is 11.4. The van der Waals surface area contributed by atoms with E-state index < -0.39 is 7.26 Å². The fourth-order valence-corrected chi connectivity index (χ4v) is 6.56. The van der Waals surface area contributed by atoms with Crippen molar-refractivity contribution in [1.82, 2.24) is 0 Å². The van der Waals surface area contributed by atoms with E-state index >= 15 is 0 Å². The first kappa shape index (κ1) is 18.2. The zero-order valence-corrected chi connectivity index (χ0v) is 13.4. The van der Waals surface area contributed by atoms with Crippen LogP contribution in [-0.2, 0) is 0 Å². The second kappa shape index (κ2) is 11.3. The van der Waals surface area contributed by atoms with Crippen LogP contribution in [0, 0.1) is 0 Å². The Hall–Kier alpha value is 0.780. The topological polar surface area (TPSA) is 0 Å². The zero-order chi connectivity index (χ0) is 10.9. The van der Waals surface area contributed by atoms with E-state index in [0.717, 1.165) is 0 Å². The predicted octanol–water partition coefficient (Wildman–Crippen LogP) is 4.88. The van der Waals surface area contributed by atoms with Crippen molar-refractivity contribution in [2.45, 2.75) is 59.3 Å². The molecule has 0 spiro atoms. The van der Waals surface area contributed by atoms with Gasteiger partial charge in [0.15, 0.2) is 0 Å². The Morgan fingerprint density at radius 2 is 0.933 bits per heavy atom. The van der Waals surface area contributed by atoms with Crippen molar-refractivity contribution in [3.05, 3.63) is 0 Å². The maximum absolute atomic E-state index is 2.65.